The SMILES string of the molecule is Cc1csc(Cc2nc(N)c(Br)c(C3CC3)n2)n1. The van der Waals surface area contributed by atoms with Crippen molar-refractivity contribution in [2.75, 3.05) is 5.73 Å². The van der Waals surface area contributed by atoms with Gasteiger partial charge in [0.25, 0.3) is 0 Å². The molecule has 6 heteroatoms. The van der Waals surface area contributed by atoms with Crippen LogP contribution >= 0.6 is 27.3 Å². The van der Waals surface area contributed by atoms with Crippen LogP contribution in [0.5, 0.6) is 0 Å². The van der Waals surface area contributed by atoms with Crippen LogP contribution in [0.3, 0.4) is 0 Å². The van der Waals surface area contributed by atoms with Gasteiger partial charge < -0.3 is 5.73 Å². The van der Waals surface area contributed by atoms with E-state index in [1.165, 1.54) is 12.8 Å². The second-order valence-corrected chi connectivity index (χ2v) is 6.29. The van der Waals surface area contributed by atoms with Crippen LogP contribution < -0.4 is 5.73 Å². The lowest BCUT2D eigenvalue weighted by Crippen LogP contribution is -2.05. The van der Waals surface area contributed by atoms with E-state index in [-0.39, 0.29) is 0 Å². The van der Waals surface area contributed by atoms with E-state index in [4.69, 9.17) is 5.73 Å². The Morgan fingerprint density at radius 2 is 2.17 bits per heavy atom. The molecule has 0 atom stereocenters. The Labute approximate surface area is 118 Å². The maximum absolute atomic E-state index is 5.93. The lowest BCUT2D eigenvalue weighted by atomic mass is 10.2. The summed E-state index contributed by atoms with van der Waals surface area (Å²) in [6.45, 7) is 1.99. The van der Waals surface area contributed by atoms with Gasteiger partial charge in [-0.25, -0.2) is 15.0 Å². The number of aromatic nitrogens is 3. The molecule has 2 aromatic rings. The molecule has 1 aliphatic carbocycles. The first-order valence-corrected chi connectivity index (χ1v) is 7.53. The molecule has 1 fully saturated rings. The molecule has 4 nitrogen and oxygen atoms in total. The van der Waals surface area contributed by atoms with Gasteiger partial charge in [-0.3, -0.25) is 0 Å². The van der Waals surface area contributed by atoms with E-state index in [1.807, 2.05) is 12.3 Å². The summed E-state index contributed by atoms with van der Waals surface area (Å²) in [5.74, 6) is 1.86. The molecule has 2 N–H and O–H groups in total. The molecular formula is C12H13BrN4S. The van der Waals surface area contributed by atoms with Crippen molar-refractivity contribution in [3.8, 4) is 0 Å². The van der Waals surface area contributed by atoms with Crippen LogP contribution in [-0.2, 0) is 6.42 Å². The molecule has 0 spiro atoms. The van der Waals surface area contributed by atoms with Gasteiger partial charge in [-0.15, -0.1) is 11.3 Å². The maximum atomic E-state index is 5.93. The van der Waals surface area contributed by atoms with Gasteiger partial charge in [0.1, 0.15) is 16.6 Å². The smallest absolute Gasteiger partial charge is 0.141 e. The maximum Gasteiger partial charge on any atom is 0.141 e. The summed E-state index contributed by atoms with van der Waals surface area (Å²) in [6, 6.07) is 0. The number of nitrogens with two attached hydrogens (primary N) is 1. The van der Waals surface area contributed by atoms with Gasteiger partial charge in [0.15, 0.2) is 0 Å². The monoisotopic (exact) mass is 324 g/mol. The van der Waals surface area contributed by atoms with E-state index >= 15 is 0 Å². The summed E-state index contributed by atoms with van der Waals surface area (Å²) in [5, 5.41) is 3.08. The standard InChI is InChI=1S/C12H13BrN4S/c1-6-5-18-9(15-6)4-8-16-11(7-2-3-7)10(13)12(14)17-8/h5,7H,2-4H2,1H3,(H2,14,16,17). The summed E-state index contributed by atoms with van der Waals surface area (Å²) >= 11 is 5.12. The van der Waals surface area contributed by atoms with Crippen LogP contribution in [0.2, 0.25) is 0 Å². The number of halogens is 1. The molecule has 0 aromatic carbocycles. The molecule has 3 rings (SSSR count). The Hall–Kier alpha value is -1.01. The number of anilines is 1. The predicted octanol–water partition coefficient (Wildman–Crippen LogP) is 3.05. The highest BCUT2D eigenvalue weighted by Gasteiger charge is 2.29. The minimum absolute atomic E-state index is 0.537. The normalized spacial score (nSPS) is 15.0. The van der Waals surface area contributed by atoms with E-state index in [0.29, 0.717) is 18.2 Å². The van der Waals surface area contributed by atoms with Crippen molar-refractivity contribution in [1.82, 2.24) is 15.0 Å². The molecule has 0 saturated heterocycles. The summed E-state index contributed by atoms with van der Waals surface area (Å²) in [6.07, 6.45) is 3.06. The van der Waals surface area contributed by atoms with Gasteiger partial charge in [-0.05, 0) is 35.7 Å². The molecule has 94 valence electrons. The Morgan fingerprint density at radius 1 is 1.39 bits per heavy atom. The number of rotatable bonds is 3. The van der Waals surface area contributed by atoms with Crippen LogP contribution in [0.25, 0.3) is 0 Å². The van der Waals surface area contributed by atoms with Gasteiger partial charge in [-0.2, -0.15) is 0 Å². The molecule has 18 heavy (non-hydrogen) atoms. The van der Waals surface area contributed by atoms with Crippen LogP contribution in [0.1, 0.15) is 41.0 Å². The van der Waals surface area contributed by atoms with Crippen LogP contribution in [-0.4, -0.2) is 15.0 Å². The van der Waals surface area contributed by atoms with Crippen molar-refractivity contribution in [1.29, 1.82) is 0 Å². The van der Waals surface area contributed by atoms with E-state index in [9.17, 15) is 0 Å². The fourth-order valence-corrected chi connectivity index (χ4v) is 3.13. The number of nitrogen functional groups attached to an aromatic ring is 1. The van der Waals surface area contributed by atoms with E-state index < -0.39 is 0 Å². The van der Waals surface area contributed by atoms with Crippen molar-refractivity contribution < 1.29 is 0 Å². The third-order valence-corrected chi connectivity index (χ3v) is 4.67. The number of thiazole rings is 1. The van der Waals surface area contributed by atoms with Crippen molar-refractivity contribution in [2.24, 2.45) is 0 Å². The van der Waals surface area contributed by atoms with Gasteiger partial charge in [0.2, 0.25) is 0 Å². The van der Waals surface area contributed by atoms with Crippen molar-refractivity contribution in [3.05, 3.63) is 32.1 Å². The highest BCUT2D eigenvalue weighted by Crippen LogP contribution is 2.43. The van der Waals surface area contributed by atoms with Crippen molar-refractivity contribution in [3.63, 3.8) is 0 Å². The average molecular weight is 325 g/mol. The molecule has 1 saturated carbocycles. The fraction of sp³-hybridized carbons (Fsp3) is 0.417. The molecular weight excluding hydrogens is 312 g/mol. The zero-order chi connectivity index (χ0) is 12.7. The van der Waals surface area contributed by atoms with Gasteiger partial charge in [-0.1, -0.05) is 0 Å². The van der Waals surface area contributed by atoms with Gasteiger partial charge in [0, 0.05) is 17.0 Å². The zero-order valence-electron chi connectivity index (χ0n) is 9.98. The highest BCUT2D eigenvalue weighted by atomic mass is 79.9. The predicted molar refractivity (Wildman–Crippen MR) is 75.8 cm³/mol. The first-order valence-electron chi connectivity index (χ1n) is 5.86. The minimum atomic E-state index is 0.537. The Morgan fingerprint density at radius 3 is 2.78 bits per heavy atom. The minimum Gasteiger partial charge on any atom is -0.383 e. The first kappa shape index (κ1) is 12.0. The molecule has 0 unspecified atom stereocenters. The Balaban J connectivity index is 1.92. The van der Waals surface area contributed by atoms with Gasteiger partial charge in [0.05, 0.1) is 16.6 Å². The average Bonchev–Trinajstić information content (AvgIpc) is 3.08. The third-order valence-electron chi connectivity index (χ3n) is 2.89. The van der Waals surface area contributed by atoms with Crippen LogP contribution in [0.15, 0.2) is 9.85 Å². The molecule has 2 aromatic heterocycles. The van der Waals surface area contributed by atoms with Crippen LogP contribution in [0, 0.1) is 6.92 Å². The molecule has 0 bridgehead atoms. The van der Waals surface area contributed by atoms with Crippen LogP contribution in [0.4, 0.5) is 5.82 Å². The number of hydrogen-bond donors (Lipinski definition) is 1. The zero-order valence-corrected chi connectivity index (χ0v) is 12.4. The number of aryl methyl sites for hydroxylation is 1. The van der Waals surface area contributed by atoms with E-state index in [1.54, 1.807) is 11.3 Å². The molecule has 0 amide bonds. The first-order chi connectivity index (χ1) is 8.63. The van der Waals surface area contributed by atoms with Gasteiger partial charge >= 0.3 is 0 Å². The quantitative estimate of drug-likeness (QED) is 0.942. The van der Waals surface area contributed by atoms with E-state index in [0.717, 1.165) is 26.7 Å². The summed E-state index contributed by atoms with van der Waals surface area (Å²) < 4.78 is 0.865. The molecule has 0 aliphatic heterocycles. The summed E-state index contributed by atoms with van der Waals surface area (Å²) in [5.41, 5.74) is 8.04. The summed E-state index contributed by atoms with van der Waals surface area (Å²) in [4.78, 5) is 13.4. The molecule has 2 heterocycles. The lowest BCUT2D eigenvalue weighted by Gasteiger charge is -2.07. The molecule has 0 radical (unpaired) electrons. The lowest BCUT2D eigenvalue weighted by molar-refractivity contribution is 0.889. The second kappa shape index (κ2) is 4.59. The third kappa shape index (κ3) is 2.40. The largest absolute Gasteiger partial charge is 0.383 e. The van der Waals surface area contributed by atoms with E-state index in [2.05, 4.69) is 30.9 Å². The number of hydrogen-bond acceptors (Lipinski definition) is 5. The molecule has 1 aliphatic rings. The second-order valence-electron chi connectivity index (χ2n) is 4.56. The van der Waals surface area contributed by atoms with Crippen molar-refractivity contribution >= 4 is 33.1 Å². The van der Waals surface area contributed by atoms with Crippen molar-refractivity contribution in [2.45, 2.75) is 32.1 Å². The summed E-state index contributed by atoms with van der Waals surface area (Å²) in [7, 11) is 0. The number of nitrogens with zero attached hydrogens (tertiary/aromatic N) is 3. The Kier molecular flexibility index (Phi) is 3.07. The Bertz CT molecular complexity index is 592. The highest BCUT2D eigenvalue weighted by molar-refractivity contribution is 9.10. The topological polar surface area (TPSA) is 64.7 Å². The fourth-order valence-electron chi connectivity index (χ4n) is 1.86.